The first-order chi connectivity index (χ1) is 11.1. The van der Waals surface area contributed by atoms with E-state index in [2.05, 4.69) is 17.2 Å². The Labute approximate surface area is 138 Å². The van der Waals surface area contributed by atoms with Crippen LogP contribution >= 0.6 is 0 Å². The molecule has 23 heavy (non-hydrogen) atoms. The molecule has 6 nitrogen and oxygen atoms in total. The normalized spacial score (nSPS) is 24.8. The van der Waals surface area contributed by atoms with Crippen LogP contribution in [0.1, 0.15) is 44.9 Å². The van der Waals surface area contributed by atoms with Crippen LogP contribution in [0.3, 0.4) is 0 Å². The molecule has 0 fully saturated rings. The standard InChI is InChI=1S/C17H31NO5/c19-12-15(21)17(23)16(22)14(20)11-18-10-13-8-6-4-2-1-3-5-7-9-13/h13-23H,1-6,8,10-12H2. The quantitative estimate of drug-likeness (QED) is 0.331. The molecule has 0 saturated heterocycles. The smallest absolute Gasteiger partial charge is 0.111 e. The summed E-state index contributed by atoms with van der Waals surface area (Å²) in [4.78, 5) is 0. The fourth-order valence-electron chi connectivity index (χ4n) is 2.67. The molecule has 6 N–H and O–H groups in total. The number of hydrogen-bond acceptors (Lipinski definition) is 6. The Morgan fingerprint density at radius 2 is 1.57 bits per heavy atom. The van der Waals surface area contributed by atoms with Crippen LogP contribution in [0, 0.1) is 17.8 Å². The first-order valence-corrected chi connectivity index (χ1v) is 8.58. The van der Waals surface area contributed by atoms with Crippen molar-refractivity contribution in [2.45, 2.75) is 69.4 Å². The lowest BCUT2D eigenvalue weighted by Gasteiger charge is -2.26. The average molecular weight is 329 g/mol. The molecule has 1 aliphatic carbocycles. The van der Waals surface area contributed by atoms with Gasteiger partial charge in [0.15, 0.2) is 0 Å². The maximum absolute atomic E-state index is 9.84. The minimum Gasteiger partial charge on any atom is -0.394 e. The molecule has 0 bridgehead atoms. The van der Waals surface area contributed by atoms with Crippen molar-refractivity contribution in [1.82, 2.24) is 5.32 Å². The Bertz CT molecular complexity index is 368. The van der Waals surface area contributed by atoms with Crippen molar-refractivity contribution in [3.63, 3.8) is 0 Å². The lowest BCUT2D eigenvalue weighted by atomic mass is 9.98. The van der Waals surface area contributed by atoms with Gasteiger partial charge in [0.05, 0.1) is 12.7 Å². The zero-order valence-corrected chi connectivity index (χ0v) is 13.7. The second-order valence-corrected chi connectivity index (χ2v) is 6.28. The number of hydrogen-bond donors (Lipinski definition) is 6. The zero-order valence-electron chi connectivity index (χ0n) is 13.7. The molecule has 0 aromatic carbocycles. The molecule has 0 aromatic heterocycles. The molecule has 5 unspecified atom stereocenters. The summed E-state index contributed by atoms with van der Waals surface area (Å²) < 4.78 is 0. The number of aliphatic hydroxyl groups excluding tert-OH is 5. The highest BCUT2D eigenvalue weighted by Crippen LogP contribution is 2.13. The molecule has 0 heterocycles. The molecular formula is C17H31NO5. The van der Waals surface area contributed by atoms with E-state index in [1.807, 2.05) is 0 Å². The first kappa shape index (κ1) is 20.4. The molecule has 5 atom stereocenters. The van der Waals surface area contributed by atoms with E-state index in [1.54, 1.807) is 0 Å². The Morgan fingerprint density at radius 1 is 0.913 bits per heavy atom. The van der Waals surface area contributed by atoms with Crippen molar-refractivity contribution >= 4 is 0 Å². The second kappa shape index (κ2) is 11.8. The summed E-state index contributed by atoms with van der Waals surface area (Å²) in [6.07, 6.45) is 2.21. The van der Waals surface area contributed by atoms with Crippen LogP contribution in [-0.2, 0) is 0 Å². The van der Waals surface area contributed by atoms with Crippen LogP contribution in [-0.4, -0.2) is 69.6 Å². The van der Waals surface area contributed by atoms with Gasteiger partial charge in [-0.1, -0.05) is 31.6 Å². The molecule has 1 aliphatic rings. The van der Waals surface area contributed by atoms with Crippen molar-refractivity contribution in [1.29, 1.82) is 0 Å². The van der Waals surface area contributed by atoms with Crippen LogP contribution in [0.25, 0.3) is 0 Å². The van der Waals surface area contributed by atoms with Gasteiger partial charge in [0.1, 0.15) is 18.3 Å². The average Bonchev–Trinajstić information content (AvgIpc) is 2.58. The van der Waals surface area contributed by atoms with Gasteiger partial charge in [-0.25, -0.2) is 0 Å². The molecule has 0 saturated carbocycles. The predicted octanol–water partition coefficient (Wildman–Crippen LogP) is -0.624. The third-order valence-electron chi connectivity index (χ3n) is 4.23. The fraction of sp³-hybridized carbons (Fsp3) is 0.882. The molecule has 6 heteroatoms. The van der Waals surface area contributed by atoms with Gasteiger partial charge in [0.2, 0.25) is 0 Å². The van der Waals surface area contributed by atoms with Gasteiger partial charge in [0, 0.05) is 25.4 Å². The van der Waals surface area contributed by atoms with Gasteiger partial charge in [-0.2, -0.15) is 0 Å². The highest BCUT2D eigenvalue weighted by atomic mass is 16.4. The summed E-state index contributed by atoms with van der Waals surface area (Å²) in [5.74, 6) is 6.69. The molecule has 134 valence electrons. The predicted molar refractivity (Wildman–Crippen MR) is 87.6 cm³/mol. The van der Waals surface area contributed by atoms with Crippen molar-refractivity contribution in [3.8, 4) is 11.8 Å². The van der Waals surface area contributed by atoms with E-state index in [-0.39, 0.29) is 12.5 Å². The van der Waals surface area contributed by atoms with Crippen LogP contribution < -0.4 is 5.32 Å². The summed E-state index contributed by atoms with van der Waals surface area (Å²) in [5, 5.41) is 50.2. The third-order valence-corrected chi connectivity index (χ3v) is 4.23. The van der Waals surface area contributed by atoms with E-state index in [9.17, 15) is 20.4 Å². The van der Waals surface area contributed by atoms with Gasteiger partial charge >= 0.3 is 0 Å². The van der Waals surface area contributed by atoms with Crippen LogP contribution in [0.2, 0.25) is 0 Å². The van der Waals surface area contributed by atoms with Crippen molar-refractivity contribution < 1.29 is 25.5 Å². The van der Waals surface area contributed by atoms with Crippen LogP contribution in [0.5, 0.6) is 0 Å². The van der Waals surface area contributed by atoms with Crippen molar-refractivity contribution in [2.24, 2.45) is 5.92 Å². The highest BCUT2D eigenvalue weighted by molar-refractivity contribution is 5.04. The molecular weight excluding hydrogens is 298 g/mol. The third kappa shape index (κ3) is 8.11. The summed E-state index contributed by atoms with van der Waals surface area (Å²) in [6.45, 7) is 0.0417. The summed E-state index contributed by atoms with van der Waals surface area (Å²) in [5.41, 5.74) is 0. The van der Waals surface area contributed by atoms with Gasteiger partial charge in [-0.3, -0.25) is 0 Å². The lowest BCUT2D eigenvalue weighted by molar-refractivity contribution is -0.114. The Hall–Kier alpha value is -0.680. The van der Waals surface area contributed by atoms with Crippen LogP contribution in [0.4, 0.5) is 0 Å². The van der Waals surface area contributed by atoms with E-state index in [4.69, 9.17) is 5.11 Å². The molecule has 0 radical (unpaired) electrons. The minimum absolute atomic E-state index is 0.0918. The first-order valence-electron chi connectivity index (χ1n) is 8.58. The van der Waals surface area contributed by atoms with E-state index in [1.165, 1.54) is 19.3 Å². The van der Waals surface area contributed by atoms with Gasteiger partial charge in [-0.05, 0) is 12.8 Å². The Kier molecular flexibility index (Phi) is 10.4. The fourth-order valence-corrected chi connectivity index (χ4v) is 2.67. The topological polar surface area (TPSA) is 113 Å². The maximum Gasteiger partial charge on any atom is 0.111 e. The molecule has 0 aliphatic heterocycles. The van der Waals surface area contributed by atoms with Gasteiger partial charge in [-0.15, -0.1) is 5.92 Å². The Morgan fingerprint density at radius 3 is 2.30 bits per heavy atom. The van der Waals surface area contributed by atoms with E-state index in [0.717, 1.165) is 25.7 Å². The Balaban J connectivity index is 2.34. The number of nitrogens with one attached hydrogen (secondary N) is 1. The molecule has 0 spiro atoms. The van der Waals surface area contributed by atoms with E-state index in [0.29, 0.717) is 6.54 Å². The maximum atomic E-state index is 9.84. The zero-order chi connectivity index (χ0) is 17.1. The summed E-state index contributed by atoms with van der Waals surface area (Å²) in [6, 6.07) is 0. The summed E-state index contributed by atoms with van der Waals surface area (Å²) in [7, 11) is 0. The summed E-state index contributed by atoms with van der Waals surface area (Å²) >= 11 is 0. The van der Waals surface area contributed by atoms with E-state index < -0.39 is 31.0 Å². The highest BCUT2D eigenvalue weighted by Gasteiger charge is 2.29. The molecule has 0 aromatic rings. The van der Waals surface area contributed by atoms with Crippen molar-refractivity contribution in [3.05, 3.63) is 0 Å². The molecule has 0 amide bonds. The largest absolute Gasteiger partial charge is 0.394 e. The monoisotopic (exact) mass is 329 g/mol. The molecule has 1 rings (SSSR count). The van der Waals surface area contributed by atoms with Gasteiger partial charge in [0.25, 0.3) is 0 Å². The van der Waals surface area contributed by atoms with Crippen LogP contribution in [0.15, 0.2) is 0 Å². The SMILES string of the molecule is OCC(O)C(O)C(O)C(O)CNCC1C#CCCCCCCC1. The second-order valence-electron chi connectivity index (χ2n) is 6.28. The van der Waals surface area contributed by atoms with E-state index >= 15 is 0 Å². The number of rotatable bonds is 8. The minimum atomic E-state index is -1.58. The van der Waals surface area contributed by atoms with Crippen molar-refractivity contribution in [2.75, 3.05) is 19.7 Å². The van der Waals surface area contributed by atoms with Gasteiger partial charge < -0.3 is 30.8 Å². The number of aliphatic hydroxyl groups is 5. The lowest BCUT2D eigenvalue weighted by Crippen LogP contribution is -2.49.